The van der Waals surface area contributed by atoms with Gasteiger partial charge in [0.2, 0.25) is 0 Å². The lowest BCUT2D eigenvalue weighted by Crippen LogP contribution is -2.28. The highest BCUT2D eigenvalue weighted by atomic mass is 15.0. The van der Waals surface area contributed by atoms with Crippen LogP contribution < -0.4 is 5.32 Å². The summed E-state index contributed by atoms with van der Waals surface area (Å²) in [6, 6.07) is 32.1. The third-order valence-corrected chi connectivity index (χ3v) is 9.51. The van der Waals surface area contributed by atoms with Crippen LogP contribution in [0.2, 0.25) is 0 Å². The molecule has 0 aromatic heterocycles. The van der Waals surface area contributed by atoms with E-state index < -0.39 is 0 Å². The average molecular weight is 616 g/mol. The maximum absolute atomic E-state index is 8.71. The standard InChI is InChI=1S/C44H45N3/c1-31-26-39(28-40(27-31)38-25-22-35-17-11-5-8-14-32(2)44(3,4)41(35)29-38)34-20-23-37(24-21-34)43(46-30-33-15-9-6-10-16-33)47-42(45)36-18-12-7-13-19-36/h5,7-8,11-15,18-29H,2,6,9-10,16-17,30H2,1,3-4H3,(H2,45,46,47)/b11-5-,14-8-. The molecule has 3 nitrogen and oxygen atoms in total. The molecule has 0 saturated heterocycles. The van der Waals surface area contributed by atoms with Gasteiger partial charge in [0, 0.05) is 23.1 Å². The molecule has 0 heterocycles. The minimum atomic E-state index is -0.173. The highest BCUT2D eigenvalue weighted by Crippen LogP contribution is 2.38. The molecule has 2 N–H and O–H groups in total. The van der Waals surface area contributed by atoms with Crippen LogP contribution >= 0.6 is 0 Å². The number of hydrogen-bond donors (Lipinski definition) is 2. The molecule has 0 unspecified atom stereocenters. The van der Waals surface area contributed by atoms with E-state index in [1.165, 1.54) is 51.8 Å². The van der Waals surface area contributed by atoms with Crippen molar-refractivity contribution in [3.8, 4) is 22.3 Å². The fourth-order valence-corrected chi connectivity index (χ4v) is 6.52. The van der Waals surface area contributed by atoms with Crippen LogP contribution in [-0.2, 0) is 11.8 Å². The summed E-state index contributed by atoms with van der Waals surface area (Å²) in [4.78, 5) is 4.79. The first kappa shape index (κ1) is 31.9. The lowest BCUT2D eigenvalue weighted by Gasteiger charge is -2.29. The quantitative estimate of drug-likeness (QED) is 0.127. The number of aliphatic imine (C=N–C) groups is 1. The van der Waals surface area contributed by atoms with Crippen molar-refractivity contribution in [3.63, 3.8) is 0 Å². The van der Waals surface area contributed by atoms with Crippen molar-refractivity contribution in [3.05, 3.63) is 167 Å². The van der Waals surface area contributed by atoms with Gasteiger partial charge in [0.25, 0.3) is 0 Å². The Labute approximate surface area is 280 Å². The molecule has 3 heteroatoms. The first-order valence-corrected chi connectivity index (χ1v) is 16.8. The lowest BCUT2D eigenvalue weighted by molar-refractivity contribution is 0.635. The molecule has 0 bridgehead atoms. The van der Waals surface area contributed by atoms with E-state index in [-0.39, 0.29) is 11.3 Å². The molecule has 47 heavy (non-hydrogen) atoms. The Balaban J connectivity index is 1.31. The summed E-state index contributed by atoms with van der Waals surface area (Å²) >= 11 is 0. The molecular formula is C44H45N3. The van der Waals surface area contributed by atoms with Gasteiger partial charge >= 0.3 is 0 Å². The number of aryl methyl sites for hydroxylation is 1. The summed E-state index contributed by atoms with van der Waals surface area (Å²) in [5.74, 6) is 0.983. The molecule has 0 fully saturated rings. The molecule has 2 aliphatic carbocycles. The van der Waals surface area contributed by atoms with Gasteiger partial charge in [0.1, 0.15) is 5.84 Å². The highest BCUT2D eigenvalue weighted by Gasteiger charge is 2.26. The third kappa shape index (κ3) is 7.52. The highest BCUT2D eigenvalue weighted by molar-refractivity contribution is 6.10. The van der Waals surface area contributed by atoms with Gasteiger partial charge in [-0.2, -0.15) is 0 Å². The maximum Gasteiger partial charge on any atom is 0.154 e. The summed E-state index contributed by atoms with van der Waals surface area (Å²) < 4.78 is 0. The van der Waals surface area contributed by atoms with Crippen LogP contribution in [0.3, 0.4) is 0 Å². The van der Waals surface area contributed by atoms with Gasteiger partial charge in [-0.15, -0.1) is 0 Å². The summed E-state index contributed by atoms with van der Waals surface area (Å²) in [6.07, 6.45) is 16.6. The predicted molar refractivity (Wildman–Crippen MR) is 201 cm³/mol. The van der Waals surface area contributed by atoms with Crippen LogP contribution in [0.25, 0.3) is 22.3 Å². The van der Waals surface area contributed by atoms with Gasteiger partial charge < -0.3 is 5.32 Å². The number of hydrogen-bond acceptors (Lipinski definition) is 1. The minimum Gasteiger partial charge on any atom is -0.366 e. The van der Waals surface area contributed by atoms with Crippen LogP contribution in [-0.4, -0.2) is 18.2 Å². The van der Waals surface area contributed by atoms with E-state index in [1.807, 2.05) is 30.3 Å². The Kier molecular flexibility index (Phi) is 9.63. The molecule has 2 aliphatic rings. The Hall–Kier alpha value is -5.02. The van der Waals surface area contributed by atoms with E-state index in [0.717, 1.165) is 53.9 Å². The molecule has 0 saturated carbocycles. The number of amidine groups is 2. The maximum atomic E-state index is 8.71. The van der Waals surface area contributed by atoms with E-state index in [4.69, 9.17) is 10.4 Å². The number of nitrogens with one attached hydrogen (secondary N) is 2. The third-order valence-electron chi connectivity index (χ3n) is 9.51. The van der Waals surface area contributed by atoms with Gasteiger partial charge in [-0.05, 0) is 95.7 Å². The van der Waals surface area contributed by atoms with Crippen molar-refractivity contribution in [2.75, 3.05) is 6.54 Å². The van der Waals surface area contributed by atoms with E-state index in [1.54, 1.807) is 0 Å². The van der Waals surface area contributed by atoms with Crippen molar-refractivity contribution in [1.82, 2.24) is 5.32 Å². The van der Waals surface area contributed by atoms with E-state index in [0.29, 0.717) is 0 Å². The Bertz CT molecular complexity index is 1900. The Morgan fingerprint density at radius 3 is 2.32 bits per heavy atom. The van der Waals surface area contributed by atoms with Gasteiger partial charge in [0.05, 0.1) is 0 Å². The monoisotopic (exact) mass is 615 g/mol. The van der Waals surface area contributed by atoms with Crippen molar-refractivity contribution in [1.29, 1.82) is 5.41 Å². The normalized spacial score (nSPS) is 17.4. The molecule has 236 valence electrons. The van der Waals surface area contributed by atoms with Crippen molar-refractivity contribution >= 4 is 11.7 Å². The van der Waals surface area contributed by atoms with Crippen molar-refractivity contribution in [2.45, 2.75) is 58.3 Å². The molecule has 0 amide bonds. The second-order valence-electron chi connectivity index (χ2n) is 13.3. The SMILES string of the molecule is C=C1/C=C\C=C/Cc2ccc(-c3cc(C)cc(-c4ccc(/C(=N/C(=N)c5ccccc5)NCC5=CCCCC5)cc4)c3)cc2C1(C)C. The topological polar surface area (TPSA) is 48.2 Å². The van der Waals surface area contributed by atoms with Gasteiger partial charge in [-0.1, -0.05) is 135 Å². The first-order chi connectivity index (χ1) is 22.8. The van der Waals surface area contributed by atoms with Gasteiger partial charge in [-0.25, -0.2) is 4.99 Å². The summed E-state index contributed by atoms with van der Waals surface area (Å²) in [5, 5.41) is 12.3. The second kappa shape index (κ2) is 14.2. The van der Waals surface area contributed by atoms with Gasteiger partial charge in [-0.3, -0.25) is 5.41 Å². The molecule has 6 rings (SSSR count). The fraction of sp³-hybridized carbons (Fsp3) is 0.227. The lowest BCUT2D eigenvalue weighted by atomic mass is 9.75. The smallest absolute Gasteiger partial charge is 0.154 e. The van der Waals surface area contributed by atoms with Crippen LogP contribution in [0.15, 0.2) is 144 Å². The average Bonchev–Trinajstić information content (AvgIpc) is 3.15. The molecule has 0 aliphatic heterocycles. The number of nitrogens with zero attached hydrogens (tertiary/aromatic N) is 1. The molecule has 0 radical (unpaired) electrons. The van der Waals surface area contributed by atoms with Crippen LogP contribution in [0, 0.1) is 12.3 Å². The second-order valence-corrected chi connectivity index (χ2v) is 13.3. The molecule has 4 aromatic rings. The largest absolute Gasteiger partial charge is 0.366 e. The van der Waals surface area contributed by atoms with Crippen molar-refractivity contribution in [2.24, 2.45) is 4.99 Å². The minimum absolute atomic E-state index is 0.173. The van der Waals surface area contributed by atoms with E-state index >= 15 is 0 Å². The van der Waals surface area contributed by atoms with Gasteiger partial charge in [0.15, 0.2) is 5.84 Å². The van der Waals surface area contributed by atoms with Crippen molar-refractivity contribution < 1.29 is 0 Å². The van der Waals surface area contributed by atoms with Crippen LogP contribution in [0.1, 0.15) is 67.3 Å². The Morgan fingerprint density at radius 1 is 0.830 bits per heavy atom. The van der Waals surface area contributed by atoms with E-state index in [2.05, 4.69) is 124 Å². The predicted octanol–water partition coefficient (Wildman–Crippen LogP) is 10.7. The zero-order valence-electron chi connectivity index (χ0n) is 27.9. The number of fused-ring (bicyclic) bond motifs is 1. The van der Waals surface area contributed by atoms with Crippen LogP contribution in [0.4, 0.5) is 0 Å². The summed E-state index contributed by atoms with van der Waals surface area (Å²) in [5.41, 5.74) is 12.8. The number of rotatable bonds is 6. The molecule has 0 spiro atoms. The van der Waals surface area contributed by atoms with Crippen LogP contribution in [0.5, 0.6) is 0 Å². The first-order valence-electron chi connectivity index (χ1n) is 16.8. The zero-order valence-corrected chi connectivity index (χ0v) is 27.9. The number of allylic oxidation sites excluding steroid dienone is 6. The fourth-order valence-electron chi connectivity index (χ4n) is 6.52. The molecule has 0 atom stereocenters. The zero-order chi connectivity index (χ0) is 32.8. The summed E-state index contributed by atoms with van der Waals surface area (Å²) in [6.45, 7) is 11.9. The Morgan fingerprint density at radius 2 is 1.57 bits per heavy atom. The molecule has 4 aromatic carbocycles. The van der Waals surface area contributed by atoms with E-state index in [9.17, 15) is 0 Å². The summed E-state index contributed by atoms with van der Waals surface area (Å²) in [7, 11) is 0. The molecular weight excluding hydrogens is 571 g/mol. The number of benzene rings is 4.